The molecule has 0 spiro atoms. The number of anilines is 1. The Morgan fingerprint density at radius 1 is 0.941 bits per heavy atom. The fraction of sp³-hybridized carbons (Fsp3) is 0.154. The predicted molar refractivity (Wildman–Crippen MR) is 126 cm³/mol. The molecule has 0 fully saturated rings. The molecule has 3 aromatic carbocycles. The first-order valence-corrected chi connectivity index (χ1v) is 10.4. The van der Waals surface area contributed by atoms with Gasteiger partial charge in [-0.1, -0.05) is 18.2 Å². The SMILES string of the molecule is COc1cccc(NC(=O)COc2ccc3c(c2)O/C(=C\c2cccc(OC)c2OC)C3=O)c1. The highest BCUT2D eigenvalue weighted by molar-refractivity contribution is 6.14. The maximum absolute atomic E-state index is 12.8. The lowest BCUT2D eigenvalue weighted by Crippen LogP contribution is -2.20. The Balaban J connectivity index is 1.44. The van der Waals surface area contributed by atoms with E-state index in [1.807, 2.05) is 0 Å². The summed E-state index contributed by atoms with van der Waals surface area (Å²) in [4.78, 5) is 25.1. The molecular weight excluding hydrogens is 438 g/mol. The van der Waals surface area contributed by atoms with Crippen molar-refractivity contribution in [1.29, 1.82) is 0 Å². The number of Topliss-reactive ketones (excluding diaryl/α,β-unsaturated/α-hetero) is 1. The molecule has 0 atom stereocenters. The zero-order chi connectivity index (χ0) is 24.1. The Morgan fingerprint density at radius 3 is 2.53 bits per heavy atom. The zero-order valence-electron chi connectivity index (χ0n) is 18.9. The van der Waals surface area contributed by atoms with Crippen molar-refractivity contribution in [2.45, 2.75) is 0 Å². The first kappa shape index (κ1) is 22.7. The summed E-state index contributed by atoms with van der Waals surface area (Å²) >= 11 is 0. The minimum Gasteiger partial charge on any atom is -0.497 e. The molecule has 0 radical (unpaired) electrons. The third kappa shape index (κ3) is 4.80. The Labute approximate surface area is 196 Å². The second-order valence-electron chi connectivity index (χ2n) is 7.25. The summed E-state index contributed by atoms with van der Waals surface area (Å²) in [6.07, 6.45) is 1.60. The topological polar surface area (TPSA) is 92.3 Å². The third-order valence-corrected chi connectivity index (χ3v) is 5.08. The van der Waals surface area contributed by atoms with Crippen molar-refractivity contribution < 1.29 is 33.3 Å². The highest BCUT2D eigenvalue weighted by Gasteiger charge is 2.28. The van der Waals surface area contributed by atoms with Crippen molar-refractivity contribution in [1.82, 2.24) is 0 Å². The number of rotatable bonds is 8. The van der Waals surface area contributed by atoms with Gasteiger partial charge in [-0.2, -0.15) is 0 Å². The number of benzene rings is 3. The number of nitrogens with one attached hydrogen (secondary N) is 1. The lowest BCUT2D eigenvalue weighted by atomic mass is 10.1. The number of hydrogen-bond acceptors (Lipinski definition) is 7. The summed E-state index contributed by atoms with van der Waals surface area (Å²) in [7, 11) is 4.62. The third-order valence-electron chi connectivity index (χ3n) is 5.08. The highest BCUT2D eigenvalue weighted by Crippen LogP contribution is 2.37. The number of ether oxygens (including phenoxy) is 5. The summed E-state index contributed by atoms with van der Waals surface area (Å²) in [5.41, 5.74) is 1.64. The summed E-state index contributed by atoms with van der Waals surface area (Å²) in [5, 5.41) is 2.74. The van der Waals surface area contributed by atoms with Crippen LogP contribution in [0, 0.1) is 0 Å². The second kappa shape index (κ2) is 9.99. The van der Waals surface area contributed by atoms with Gasteiger partial charge in [0.1, 0.15) is 17.2 Å². The molecule has 0 unspecified atom stereocenters. The van der Waals surface area contributed by atoms with Crippen LogP contribution in [-0.2, 0) is 4.79 Å². The molecule has 8 heteroatoms. The van der Waals surface area contributed by atoms with Crippen molar-refractivity contribution >= 4 is 23.5 Å². The second-order valence-corrected chi connectivity index (χ2v) is 7.25. The van der Waals surface area contributed by atoms with Gasteiger partial charge in [0, 0.05) is 23.4 Å². The van der Waals surface area contributed by atoms with Gasteiger partial charge < -0.3 is 29.0 Å². The van der Waals surface area contributed by atoms with E-state index in [9.17, 15) is 9.59 Å². The van der Waals surface area contributed by atoms with Gasteiger partial charge in [0.05, 0.1) is 26.9 Å². The smallest absolute Gasteiger partial charge is 0.262 e. The quantitative estimate of drug-likeness (QED) is 0.499. The van der Waals surface area contributed by atoms with E-state index in [-0.39, 0.29) is 24.1 Å². The van der Waals surface area contributed by atoms with Crippen molar-refractivity contribution in [3.05, 3.63) is 77.5 Å². The lowest BCUT2D eigenvalue weighted by Gasteiger charge is -2.10. The van der Waals surface area contributed by atoms with Gasteiger partial charge in [0.25, 0.3) is 5.91 Å². The van der Waals surface area contributed by atoms with E-state index in [0.29, 0.717) is 45.6 Å². The number of amides is 1. The highest BCUT2D eigenvalue weighted by atomic mass is 16.5. The molecule has 0 saturated carbocycles. The summed E-state index contributed by atoms with van der Waals surface area (Å²) in [5.74, 6) is 1.97. The van der Waals surface area contributed by atoms with Crippen LogP contribution in [-0.4, -0.2) is 39.6 Å². The molecule has 34 heavy (non-hydrogen) atoms. The van der Waals surface area contributed by atoms with Crippen LogP contribution in [0.4, 0.5) is 5.69 Å². The van der Waals surface area contributed by atoms with E-state index in [0.717, 1.165) is 0 Å². The minimum absolute atomic E-state index is 0.148. The van der Waals surface area contributed by atoms with Crippen LogP contribution in [0.25, 0.3) is 6.08 Å². The number of para-hydroxylation sites is 1. The molecule has 1 amide bonds. The number of hydrogen-bond donors (Lipinski definition) is 1. The Bertz CT molecular complexity index is 1270. The molecule has 1 N–H and O–H groups in total. The standard InChI is InChI=1S/C26H23NO7/c1-30-18-8-5-7-17(13-18)27-24(28)15-33-19-10-11-20-22(14-19)34-23(25(20)29)12-16-6-4-9-21(31-2)26(16)32-3/h4-14H,15H2,1-3H3,(H,27,28)/b23-12-. The van der Waals surface area contributed by atoms with Crippen molar-refractivity contribution in [3.8, 4) is 28.7 Å². The molecule has 0 aromatic heterocycles. The van der Waals surface area contributed by atoms with Crippen LogP contribution in [0.1, 0.15) is 15.9 Å². The maximum atomic E-state index is 12.8. The van der Waals surface area contributed by atoms with Crippen LogP contribution in [0.15, 0.2) is 66.4 Å². The van der Waals surface area contributed by atoms with E-state index < -0.39 is 0 Å². The Morgan fingerprint density at radius 2 is 1.76 bits per heavy atom. The van der Waals surface area contributed by atoms with Crippen LogP contribution in [0.3, 0.4) is 0 Å². The van der Waals surface area contributed by atoms with Gasteiger partial charge in [-0.05, 0) is 36.4 Å². The van der Waals surface area contributed by atoms with E-state index >= 15 is 0 Å². The predicted octanol–water partition coefficient (Wildman–Crippen LogP) is 4.35. The van der Waals surface area contributed by atoms with Crippen LogP contribution in [0.5, 0.6) is 28.7 Å². The molecule has 1 aliphatic heterocycles. The molecule has 1 heterocycles. The first-order valence-electron chi connectivity index (χ1n) is 10.4. The molecular formula is C26H23NO7. The average Bonchev–Trinajstić information content (AvgIpc) is 3.16. The molecule has 4 rings (SSSR count). The molecule has 8 nitrogen and oxygen atoms in total. The summed E-state index contributed by atoms with van der Waals surface area (Å²) < 4.78 is 27.2. The number of methoxy groups -OCH3 is 3. The fourth-order valence-electron chi connectivity index (χ4n) is 3.47. The summed E-state index contributed by atoms with van der Waals surface area (Å²) in [6, 6.07) is 17.2. The maximum Gasteiger partial charge on any atom is 0.262 e. The van der Waals surface area contributed by atoms with E-state index in [1.165, 1.54) is 7.11 Å². The molecule has 174 valence electrons. The lowest BCUT2D eigenvalue weighted by molar-refractivity contribution is -0.118. The minimum atomic E-state index is -0.337. The van der Waals surface area contributed by atoms with E-state index in [2.05, 4.69) is 5.32 Å². The van der Waals surface area contributed by atoms with Gasteiger partial charge in [0.15, 0.2) is 23.9 Å². The summed E-state index contributed by atoms with van der Waals surface area (Å²) in [6.45, 7) is -0.215. The zero-order valence-corrected chi connectivity index (χ0v) is 18.9. The number of carbonyl (C=O) groups is 2. The Hall–Kier alpha value is -4.46. The van der Waals surface area contributed by atoms with Gasteiger partial charge >= 0.3 is 0 Å². The van der Waals surface area contributed by atoms with Crippen molar-refractivity contribution in [2.75, 3.05) is 33.3 Å². The normalized spacial score (nSPS) is 13.1. The fourth-order valence-corrected chi connectivity index (χ4v) is 3.47. The molecule has 0 bridgehead atoms. The monoisotopic (exact) mass is 461 g/mol. The van der Waals surface area contributed by atoms with Crippen LogP contribution in [0.2, 0.25) is 0 Å². The average molecular weight is 461 g/mol. The van der Waals surface area contributed by atoms with Crippen LogP contribution >= 0.6 is 0 Å². The molecule has 1 aliphatic rings. The number of carbonyl (C=O) groups excluding carboxylic acids is 2. The Kier molecular flexibility index (Phi) is 6.68. The number of allylic oxidation sites excluding steroid dienone is 1. The van der Waals surface area contributed by atoms with Crippen molar-refractivity contribution in [2.24, 2.45) is 0 Å². The van der Waals surface area contributed by atoms with Gasteiger partial charge in [0.2, 0.25) is 5.78 Å². The van der Waals surface area contributed by atoms with Gasteiger partial charge in [-0.25, -0.2) is 0 Å². The number of ketones is 1. The van der Waals surface area contributed by atoms with E-state index in [4.69, 9.17) is 23.7 Å². The number of fused-ring (bicyclic) bond motifs is 1. The van der Waals surface area contributed by atoms with Crippen molar-refractivity contribution in [3.63, 3.8) is 0 Å². The molecule has 0 aliphatic carbocycles. The van der Waals surface area contributed by atoms with Crippen LogP contribution < -0.4 is 29.0 Å². The first-order chi connectivity index (χ1) is 16.5. The van der Waals surface area contributed by atoms with Gasteiger partial charge in [-0.3, -0.25) is 9.59 Å². The van der Waals surface area contributed by atoms with Gasteiger partial charge in [-0.15, -0.1) is 0 Å². The molecule has 0 saturated heterocycles. The largest absolute Gasteiger partial charge is 0.497 e. The van der Waals surface area contributed by atoms with E-state index in [1.54, 1.807) is 81.0 Å². The molecule has 3 aromatic rings.